The predicted molar refractivity (Wildman–Crippen MR) is 227 cm³/mol. The van der Waals surface area contributed by atoms with E-state index in [0.717, 1.165) is 60.7 Å². The third-order valence-corrected chi connectivity index (χ3v) is 14.0. The number of benzene rings is 1. The first-order chi connectivity index (χ1) is 25.7. The van der Waals surface area contributed by atoms with Crippen molar-refractivity contribution in [1.29, 1.82) is 0 Å². The second-order valence-corrected chi connectivity index (χ2v) is 17.6. The number of ketones is 2. The first-order valence-corrected chi connectivity index (χ1v) is 24.2. The molecule has 12 nitrogen and oxygen atoms in total. The fourth-order valence-electron chi connectivity index (χ4n) is 7.09. The number of thioether (sulfide) groups is 3. The SMILES string of the molecule is C=C1NC2CSC(CCCCC(=O)CCCNC(=O)C(CC(=O)CNC)Sc3ccc(NC(=O)CCCCC4SCC5NC(=O)NC54)cc3)C2N1.PP. The highest BCUT2D eigenvalue weighted by Crippen LogP contribution is 2.35. The summed E-state index contributed by atoms with van der Waals surface area (Å²) in [6.45, 7) is 4.54. The number of fused-ring (bicyclic) bond motifs is 2. The maximum Gasteiger partial charge on any atom is 0.315 e. The average molecular weight is 826 g/mol. The quantitative estimate of drug-likeness (QED) is 0.0388. The number of anilines is 1. The Kier molecular flexibility index (Phi) is 19.1. The molecule has 0 saturated carbocycles. The zero-order valence-corrected chi connectivity index (χ0v) is 35.3. The lowest BCUT2D eigenvalue weighted by molar-refractivity contribution is -0.124. The van der Waals surface area contributed by atoms with E-state index in [2.05, 4.69) is 61.7 Å². The molecule has 4 aliphatic rings. The van der Waals surface area contributed by atoms with Crippen LogP contribution in [0.15, 0.2) is 41.6 Å². The number of likely N-dealkylation sites (N-methyl/N-ethyl adjacent to an activating group) is 1. The number of carbonyl (C=O) groups is 5. The van der Waals surface area contributed by atoms with E-state index in [1.807, 2.05) is 47.8 Å². The lowest BCUT2D eigenvalue weighted by atomic mass is 10.0. The number of nitrogens with one attached hydrogen (secondary N) is 7. The molecule has 7 N–H and O–H groups in total. The molecule has 5 rings (SSSR count). The molecule has 0 radical (unpaired) electrons. The summed E-state index contributed by atoms with van der Waals surface area (Å²) in [4.78, 5) is 63.1. The van der Waals surface area contributed by atoms with Gasteiger partial charge in [0.25, 0.3) is 0 Å². The average Bonchev–Trinajstić information content (AvgIpc) is 3.90. The van der Waals surface area contributed by atoms with Gasteiger partial charge in [0.1, 0.15) is 11.6 Å². The number of unbranched alkanes of at least 4 members (excludes halogenated alkanes) is 2. The molecule has 1 aromatic carbocycles. The molecule has 4 amide bonds. The van der Waals surface area contributed by atoms with Gasteiger partial charge in [0.05, 0.1) is 41.8 Å². The molecule has 9 atom stereocenters. The topological polar surface area (TPSA) is 170 Å². The molecule has 9 unspecified atom stereocenters. The molecule has 4 fully saturated rings. The van der Waals surface area contributed by atoms with Crippen molar-refractivity contribution in [3.8, 4) is 0 Å². The van der Waals surface area contributed by atoms with E-state index in [1.165, 1.54) is 11.8 Å². The number of hydrogen-bond donors (Lipinski definition) is 7. The summed E-state index contributed by atoms with van der Waals surface area (Å²) in [5.74, 6) is 2.82. The predicted octanol–water partition coefficient (Wildman–Crippen LogP) is 4.18. The van der Waals surface area contributed by atoms with Crippen LogP contribution in [0.25, 0.3) is 0 Å². The minimum atomic E-state index is -0.613. The van der Waals surface area contributed by atoms with Crippen molar-refractivity contribution >= 4 is 88.2 Å². The molecule has 17 heteroatoms. The summed E-state index contributed by atoms with van der Waals surface area (Å²) in [6.07, 6.45) is 7.69. The minimum absolute atomic E-state index is 0.0519. The zero-order valence-electron chi connectivity index (χ0n) is 30.6. The Hall–Kier alpha value is -2.02. The first-order valence-electron chi connectivity index (χ1n) is 18.6. The lowest BCUT2D eigenvalue weighted by Crippen LogP contribution is -2.36. The Balaban J connectivity index is 0.00000308. The smallest absolute Gasteiger partial charge is 0.315 e. The Labute approximate surface area is 331 Å². The summed E-state index contributed by atoms with van der Waals surface area (Å²) < 4.78 is 0. The van der Waals surface area contributed by atoms with Gasteiger partial charge < -0.3 is 37.2 Å². The van der Waals surface area contributed by atoms with Crippen molar-refractivity contribution in [2.45, 2.75) is 115 Å². The summed E-state index contributed by atoms with van der Waals surface area (Å²) in [5, 5.41) is 21.9. The van der Waals surface area contributed by atoms with E-state index in [1.54, 1.807) is 7.05 Å². The Morgan fingerprint density at radius 2 is 1.47 bits per heavy atom. The van der Waals surface area contributed by atoms with Crippen LogP contribution in [0.2, 0.25) is 0 Å². The van der Waals surface area contributed by atoms with Gasteiger partial charge in [-0.3, -0.25) is 19.2 Å². The van der Waals surface area contributed by atoms with Crippen LogP contribution < -0.4 is 37.2 Å². The summed E-state index contributed by atoms with van der Waals surface area (Å²) >= 11 is 5.19. The van der Waals surface area contributed by atoms with Gasteiger partial charge in [-0.25, -0.2) is 4.79 Å². The highest BCUT2D eigenvalue weighted by Gasteiger charge is 2.43. The third-order valence-electron chi connectivity index (χ3n) is 9.73. The first kappa shape index (κ1) is 43.7. The Morgan fingerprint density at radius 3 is 2.15 bits per heavy atom. The summed E-state index contributed by atoms with van der Waals surface area (Å²) in [7, 11) is 6.37. The molecule has 0 bridgehead atoms. The van der Waals surface area contributed by atoms with E-state index in [-0.39, 0.29) is 54.5 Å². The van der Waals surface area contributed by atoms with Crippen LogP contribution in [0, 0.1) is 0 Å². The molecule has 294 valence electrons. The number of Topliss-reactive ketones (excluding diaryl/α,β-unsaturated/α-hetero) is 2. The maximum atomic E-state index is 13.2. The van der Waals surface area contributed by atoms with Crippen molar-refractivity contribution in [3.05, 3.63) is 36.7 Å². The van der Waals surface area contributed by atoms with Crippen LogP contribution in [-0.4, -0.2) is 101 Å². The highest BCUT2D eigenvalue weighted by atomic mass is 32.2. The van der Waals surface area contributed by atoms with Gasteiger partial charge in [-0.2, -0.15) is 23.5 Å². The van der Waals surface area contributed by atoms with Crippen molar-refractivity contribution in [1.82, 2.24) is 31.9 Å². The molecular formula is C36H57N7O5P2S3. The van der Waals surface area contributed by atoms with Gasteiger partial charge in [-0.15, -0.1) is 29.6 Å². The molecule has 1 aromatic rings. The van der Waals surface area contributed by atoms with Crippen LogP contribution in [0.4, 0.5) is 10.5 Å². The lowest BCUT2D eigenvalue weighted by Gasteiger charge is -2.17. The number of rotatable bonds is 22. The van der Waals surface area contributed by atoms with E-state index in [9.17, 15) is 24.0 Å². The number of amides is 4. The van der Waals surface area contributed by atoms with E-state index in [4.69, 9.17) is 0 Å². The monoisotopic (exact) mass is 825 g/mol. The Bertz CT molecular complexity index is 1410. The number of carbonyl (C=O) groups excluding carboxylic acids is 5. The molecular weight excluding hydrogens is 769 g/mol. The molecule has 0 aliphatic carbocycles. The summed E-state index contributed by atoms with van der Waals surface area (Å²) in [5.41, 5.74) is 0.677. The number of hydrogen-bond acceptors (Lipinski definition) is 11. The van der Waals surface area contributed by atoms with Gasteiger partial charge in [-0.1, -0.05) is 19.4 Å². The molecule has 0 aromatic heterocycles. The van der Waals surface area contributed by atoms with Crippen molar-refractivity contribution in [2.24, 2.45) is 0 Å². The van der Waals surface area contributed by atoms with Crippen LogP contribution >= 0.6 is 53.1 Å². The zero-order chi connectivity index (χ0) is 38.2. The number of urea groups is 1. The minimum Gasteiger partial charge on any atom is -0.367 e. The van der Waals surface area contributed by atoms with Crippen molar-refractivity contribution < 1.29 is 24.0 Å². The molecule has 0 spiro atoms. The van der Waals surface area contributed by atoms with E-state index in [0.29, 0.717) is 60.5 Å². The van der Waals surface area contributed by atoms with Gasteiger partial charge in [-0.05, 0) is 63.4 Å². The van der Waals surface area contributed by atoms with Gasteiger partial charge in [0.2, 0.25) is 11.8 Å². The molecule has 53 heavy (non-hydrogen) atoms. The fraction of sp³-hybridized carbons (Fsp3) is 0.639. The standard InChI is InChI=1S/C36H53N7O5S3.H4P2/c1-22-39-27-20-49-29(33(27)40-22)10-4-3-8-24(44)9-7-17-38-35(47)31(18-25(45)19-37-2)51-26-15-13-23(14-16-26)41-32(46)12-6-5-11-30-34-28(21-50-30)42-36(48)43-34;1-2/h13-16,27-31,33-34,37,39-40H,1,3-12,17-21H2,2H3,(H,38,47)(H,41,46)(H2,42,43,48);1-2H2. The van der Waals surface area contributed by atoms with E-state index < -0.39 is 5.25 Å². The van der Waals surface area contributed by atoms with Gasteiger partial charge >= 0.3 is 6.03 Å². The van der Waals surface area contributed by atoms with Crippen LogP contribution in [0.3, 0.4) is 0 Å². The van der Waals surface area contributed by atoms with Crippen LogP contribution in [0.1, 0.15) is 70.6 Å². The second-order valence-electron chi connectivity index (χ2n) is 13.8. The largest absolute Gasteiger partial charge is 0.367 e. The normalized spacial score (nSPS) is 24.4. The van der Waals surface area contributed by atoms with Gasteiger partial charge in [0, 0.05) is 64.8 Å². The van der Waals surface area contributed by atoms with Crippen molar-refractivity contribution in [3.63, 3.8) is 0 Å². The maximum absolute atomic E-state index is 13.2. The van der Waals surface area contributed by atoms with Gasteiger partial charge in [0.15, 0.2) is 0 Å². The van der Waals surface area contributed by atoms with E-state index >= 15 is 0 Å². The van der Waals surface area contributed by atoms with Crippen LogP contribution in [-0.2, 0) is 19.2 Å². The molecule has 4 heterocycles. The third kappa shape index (κ3) is 14.2. The summed E-state index contributed by atoms with van der Waals surface area (Å²) in [6, 6.07) is 8.52. The van der Waals surface area contributed by atoms with Crippen LogP contribution in [0.5, 0.6) is 0 Å². The highest BCUT2D eigenvalue weighted by molar-refractivity contribution is 8.01. The Morgan fingerprint density at radius 1 is 0.849 bits per heavy atom. The van der Waals surface area contributed by atoms with Crippen molar-refractivity contribution in [2.75, 3.05) is 37.0 Å². The molecule has 4 aliphatic heterocycles. The molecule has 4 saturated heterocycles. The second kappa shape index (κ2) is 23.1. The fourth-order valence-corrected chi connectivity index (χ4v) is 11.3.